The van der Waals surface area contributed by atoms with E-state index in [1.807, 2.05) is 60.7 Å². The molecule has 1 aliphatic carbocycles. The summed E-state index contributed by atoms with van der Waals surface area (Å²) in [5, 5.41) is 7.18. The number of anilines is 2. The SMILES string of the molecule is COc1ccc([C@H]2CC(=O)C3=C(C2)Nc2ccccc2N[C@@H]3c2cccc(OC)c2OC)cc1OC. The summed E-state index contributed by atoms with van der Waals surface area (Å²) in [4.78, 5) is 13.9. The van der Waals surface area contributed by atoms with Crippen LogP contribution in [0.1, 0.15) is 35.9 Å². The lowest BCUT2D eigenvalue weighted by Crippen LogP contribution is -2.27. The third kappa shape index (κ3) is 4.11. The van der Waals surface area contributed by atoms with Gasteiger partial charge in [-0.2, -0.15) is 0 Å². The monoisotopic (exact) mass is 486 g/mol. The van der Waals surface area contributed by atoms with Gasteiger partial charge in [0.05, 0.1) is 45.9 Å². The zero-order valence-corrected chi connectivity index (χ0v) is 20.9. The number of rotatable bonds is 6. The standard InChI is InChI=1S/C29H30N2O5/c1-33-24-13-12-17(16-26(24)35-3)18-14-22-27(23(32)15-18)28(31-21-10-6-5-9-20(21)30-22)19-8-7-11-25(34-2)29(19)36-4/h5-13,16,18,28,30-31H,14-15H2,1-4H3/t18-,28-/m1/s1. The first-order chi connectivity index (χ1) is 17.6. The summed E-state index contributed by atoms with van der Waals surface area (Å²) in [5.41, 5.74) is 5.34. The summed E-state index contributed by atoms with van der Waals surface area (Å²) in [6, 6.07) is 19.2. The van der Waals surface area contributed by atoms with Crippen LogP contribution in [0.2, 0.25) is 0 Å². The summed E-state index contributed by atoms with van der Waals surface area (Å²) in [6.45, 7) is 0. The van der Waals surface area contributed by atoms with Crippen molar-refractivity contribution in [3.05, 3.63) is 83.1 Å². The Hall–Kier alpha value is -4.13. The van der Waals surface area contributed by atoms with Crippen molar-refractivity contribution >= 4 is 17.2 Å². The highest BCUT2D eigenvalue weighted by Gasteiger charge is 2.37. The van der Waals surface area contributed by atoms with Gasteiger partial charge in [-0.05, 0) is 48.2 Å². The second-order valence-electron chi connectivity index (χ2n) is 8.87. The fraction of sp³-hybridized carbons (Fsp3) is 0.276. The van der Waals surface area contributed by atoms with E-state index in [2.05, 4.69) is 10.6 Å². The number of para-hydroxylation sites is 3. The number of carbonyl (C=O) groups is 1. The summed E-state index contributed by atoms with van der Waals surface area (Å²) >= 11 is 0. The van der Waals surface area contributed by atoms with Crippen molar-refractivity contribution in [2.75, 3.05) is 39.1 Å². The van der Waals surface area contributed by atoms with Crippen LogP contribution in [-0.4, -0.2) is 34.2 Å². The molecule has 36 heavy (non-hydrogen) atoms. The molecule has 3 aromatic carbocycles. The minimum absolute atomic E-state index is 0.00155. The molecule has 1 heterocycles. The number of fused-ring (bicyclic) bond motifs is 1. The topological polar surface area (TPSA) is 78.1 Å². The molecule has 186 valence electrons. The van der Waals surface area contributed by atoms with Gasteiger partial charge in [0.2, 0.25) is 0 Å². The second kappa shape index (κ2) is 9.85. The highest BCUT2D eigenvalue weighted by Crippen LogP contribution is 2.47. The molecule has 2 N–H and O–H groups in total. The Morgan fingerprint density at radius 2 is 1.50 bits per heavy atom. The molecule has 0 fully saturated rings. The van der Waals surface area contributed by atoms with Crippen LogP contribution in [0.15, 0.2) is 71.9 Å². The van der Waals surface area contributed by atoms with Gasteiger partial charge < -0.3 is 29.6 Å². The first-order valence-electron chi connectivity index (χ1n) is 11.9. The minimum Gasteiger partial charge on any atom is -0.493 e. The molecule has 0 spiro atoms. The number of ketones is 1. The predicted octanol–water partition coefficient (Wildman–Crippen LogP) is 5.70. The molecule has 0 saturated heterocycles. The second-order valence-corrected chi connectivity index (χ2v) is 8.87. The van der Waals surface area contributed by atoms with Crippen molar-refractivity contribution in [3.63, 3.8) is 0 Å². The van der Waals surface area contributed by atoms with E-state index in [-0.39, 0.29) is 11.7 Å². The van der Waals surface area contributed by atoms with Gasteiger partial charge in [0.15, 0.2) is 28.8 Å². The number of hydrogen-bond acceptors (Lipinski definition) is 7. The number of methoxy groups -OCH3 is 4. The van der Waals surface area contributed by atoms with E-state index in [9.17, 15) is 4.79 Å². The number of ether oxygens (including phenoxy) is 4. The third-order valence-electron chi connectivity index (χ3n) is 6.93. The minimum atomic E-state index is -0.403. The van der Waals surface area contributed by atoms with Gasteiger partial charge in [-0.25, -0.2) is 0 Å². The largest absolute Gasteiger partial charge is 0.493 e. The molecule has 5 rings (SSSR count). The lowest BCUT2D eigenvalue weighted by molar-refractivity contribution is -0.116. The summed E-state index contributed by atoms with van der Waals surface area (Å²) in [6.07, 6.45) is 1.06. The van der Waals surface area contributed by atoms with E-state index >= 15 is 0 Å². The van der Waals surface area contributed by atoms with Crippen LogP contribution in [-0.2, 0) is 4.79 Å². The summed E-state index contributed by atoms with van der Waals surface area (Å²) in [5.74, 6) is 2.64. The van der Waals surface area contributed by atoms with E-state index in [4.69, 9.17) is 18.9 Å². The van der Waals surface area contributed by atoms with E-state index < -0.39 is 6.04 Å². The van der Waals surface area contributed by atoms with Crippen LogP contribution in [0, 0.1) is 0 Å². The zero-order chi connectivity index (χ0) is 25.2. The Labute approximate surface area is 211 Å². The van der Waals surface area contributed by atoms with Gasteiger partial charge in [-0.3, -0.25) is 4.79 Å². The van der Waals surface area contributed by atoms with Crippen molar-refractivity contribution < 1.29 is 23.7 Å². The first kappa shape index (κ1) is 23.6. The molecular weight excluding hydrogens is 456 g/mol. The van der Waals surface area contributed by atoms with Gasteiger partial charge in [-0.1, -0.05) is 30.3 Å². The Bertz CT molecular complexity index is 1330. The van der Waals surface area contributed by atoms with Gasteiger partial charge in [0, 0.05) is 23.3 Å². The smallest absolute Gasteiger partial charge is 0.166 e. The lowest BCUT2D eigenvalue weighted by Gasteiger charge is -2.30. The van der Waals surface area contributed by atoms with E-state index in [0.717, 1.165) is 33.8 Å². The molecule has 7 nitrogen and oxygen atoms in total. The quantitative estimate of drug-likeness (QED) is 0.463. The number of carbonyl (C=O) groups excluding carboxylic acids is 1. The molecule has 2 atom stereocenters. The number of hydrogen-bond donors (Lipinski definition) is 2. The Morgan fingerprint density at radius 3 is 2.22 bits per heavy atom. The molecule has 0 radical (unpaired) electrons. The maximum absolute atomic E-state index is 13.9. The van der Waals surface area contributed by atoms with Crippen molar-refractivity contribution in [1.29, 1.82) is 0 Å². The van der Waals surface area contributed by atoms with Gasteiger partial charge in [0.1, 0.15) is 0 Å². The predicted molar refractivity (Wildman–Crippen MR) is 140 cm³/mol. The third-order valence-corrected chi connectivity index (χ3v) is 6.93. The molecular formula is C29H30N2O5. The molecule has 0 aromatic heterocycles. The van der Waals surface area contributed by atoms with E-state index in [0.29, 0.717) is 35.8 Å². The fourth-order valence-corrected chi connectivity index (χ4v) is 5.21. The van der Waals surface area contributed by atoms with Crippen LogP contribution in [0.3, 0.4) is 0 Å². The Kier molecular flexibility index (Phi) is 6.46. The number of Topliss-reactive ketones (excluding diaryl/α,β-unsaturated/α-hetero) is 1. The van der Waals surface area contributed by atoms with E-state index in [1.165, 1.54) is 0 Å². The van der Waals surface area contributed by atoms with Gasteiger partial charge in [0.25, 0.3) is 0 Å². The number of allylic oxidation sites excluding steroid dienone is 1. The Morgan fingerprint density at radius 1 is 0.750 bits per heavy atom. The first-order valence-corrected chi connectivity index (χ1v) is 11.9. The highest BCUT2D eigenvalue weighted by molar-refractivity contribution is 6.01. The lowest BCUT2D eigenvalue weighted by atomic mass is 9.78. The van der Waals surface area contributed by atoms with Crippen LogP contribution in [0.25, 0.3) is 0 Å². The molecule has 3 aromatic rings. The normalized spacial score (nSPS) is 18.7. The molecule has 2 aliphatic rings. The summed E-state index contributed by atoms with van der Waals surface area (Å²) in [7, 11) is 6.47. The van der Waals surface area contributed by atoms with Crippen molar-refractivity contribution in [2.24, 2.45) is 0 Å². The van der Waals surface area contributed by atoms with Crippen LogP contribution in [0.5, 0.6) is 23.0 Å². The molecule has 0 saturated carbocycles. The van der Waals surface area contributed by atoms with Crippen molar-refractivity contribution in [2.45, 2.75) is 24.8 Å². The van der Waals surface area contributed by atoms with Gasteiger partial charge in [-0.15, -0.1) is 0 Å². The van der Waals surface area contributed by atoms with Gasteiger partial charge >= 0.3 is 0 Å². The Balaban J connectivity index is 1.62. The maximum atomic E-state index is 13.9. The van der Waals surface area contributed by atoms with Crippen molar-refractivity contribution in [3.8, 4) is 23.0 Å². The van der Waals surface area contributed by atoms with Crippen LogP contribution < -0.4 is 29.6 Å². The molecule has 0 unspecified atom stereocenters. The average molecular weight is 487 g/mol. The van der Waals surface area contributed by atoms with E-state index in [1.54, 1.807) is 28.4 Å². The zero-order valence-electron chi connectivity index (χ0n) is 20.9. The number of nitrogens with one attached hydrogen (secondary N) is 2. The number of benzene rings is 3. The molecule has 1 aliphatic heterocycles. The molecule has 0 bridgehead atoms. The summed E-state index contributed by atoms with van der Waals surface area (Å²) < 4.78 is 22.2. The molecule has 0 amide bonds. The van der Waals surface area contributed by atoms with Crippen molar-refractivity contribution in [1.82, 2.24) is 0 Å². The highest BCUT2D eigenvalue weighted by atomic mass is 16.5. The van der Waals surface area contributed by atoms with Crippen LogP contribution in [0.4, 0.5) is 11.4 Å². The average Bonchev–Trinajstić information content (AvgIpc) is 3.08. The van der Waals surface area contributed by atoms with Crippen LogP contribution >= 0.6 is 0 Å². The fourth-order valence-electron chi connectivity index (χ4n) is 5.21. The maximum Gasteiger partial charge on any atom is 0.166 e. The molecule has 7 heteroatoms.